The molecule has 0 aliphatic carbocycles. The summed E-state index contributed by atoms with van der Waals surface area (Å²) < 4.78 is 2.38. The Morgan fingerprint density at radius 3 is 2.43 bits per heavy atom. The maximum Gasteiger partial charge on any atom is 0.0225 e. The van der Waals surface area contributed by atoms with Crippen molar-refractivity contribution in [2.24, 2.45) is 0 Å². The van der Waals surface area contributed by atoms with Gasteiger partial charge in [0.05, 0.1) is 0 Å². The van der Waals surface area contributed by atoms with Crippen LogP contribution in [0.15, 0.2) is 30.3 Å². The number of aromatic nitrogens is 1. The number of hydrogen-bond donors (Lipinski definition) is 1. The van der Waals surface area contributed by atoms with E-state index in [0.29, 0.717) is 6.04 Å². The minimum atomic E-state index is 0.482. The number of benzene rings is 1. The molecule has 2 aromatic rings. The van der Waals surface area contributed by atoms with Crippen LogP contribution in [0.4, 0.5) is 0 Å². The van der Waals surface area contributed by atoms with E-state index in [1.807, 2.05) is 0 Å². The van der Waals surface area contributed by atoms with Crippen LogP contribution in [0.3, 0.4) is 0 Å². The zero-order chi connectivity index (χ0) is 15.4. The van der Waals surface area contributed by atoms with Crippen LogP contribution < -0.4 is 5.32 Å². The first kappa shape index (κ1) is 15.8. The highest BCUT2D eigenvalue weighted by Crippen LogP contribution is 2.15. The maximum absolute atomic E-state index is 3.67. The summed E-state index contributed by atoms with van der Waals surface area (Å²) >= 11 is 0. The van der Waals surface area contributed by atoms with Crippen LogP contribution in [0, 0.1) is 20.8 Å². The van der Waals surface area contributed by atoms with Crippen LogP contribution in [0.1, 0.15) is 41.9 Å². The highest BCUT2D eigenvalue weighted by molar-refractivity contribution is 5.28. The number of aryl methyl sites for hydroxylation is 2. The molecule has 1 aromatic carbocycles. The fourth-order valence-electron chi connectivity index (χ4n) is 3.06. The summed E-state index contributed by atoms with van der Waals surface area (Å²) in [7, 11) is 0. The van der Waals surface area contributed by atoms with E-state index >= 15 is 0 Å². The number of hydrogen-bond acceptors (Lipinski definition) is 1. The van der Waals surface area contributed by atoms with Gasteiger partial charge in [-0.3, -0.25) is 0 Å². The van der Waals surface area contributed by atoms with Crippen molar-refractivity contribution >= 4 is 0 Å². The molecule has 21 heavy (non-hydrogen) atoms. The summed E-state index contributed by atoms with van der Waals surface area (Å²) in [6, 6.07) is 11.5. The number of rotatable bonds is 6. The molecule has 1 heterocycles. The van der Waals surface area contributed by atoms with Crippen molar-refractivity contribution in [1.29, 1.82) is 0 Å². The molecule has 0 aliphatic heterocycles. The highest BCUT2D eigenvalue weighted by atomic mass is 15.0. The lowest BCUT2D eigenvalue weighted by molar-refractivity contribution is 0.542. The molecule has 0 aliphatic rings. The van der Waals surface area contributed by atoms with Gasteiger partial charge in [0.1, 0.15) is 0 Å². The van der Waals surface area contributed by atoms with E-state index in [1.165, 1.54) is 28.1 Å². The van der Waals surface area contributed by atoms with Gasteiger partial charge in [0.15, 0.2) is 0 Å². The first-order valence-corrected chi connectivity index (χ1v) is 7.96. The van der Waals surface area contributed by atoms with Crippen molar-refractivity contribution < 1.29 is 0 Å². The third-order valence-electron chi connectivity index (χ3n) is 4.42. The first-order valence-electron chi connectivity index (χ1n) is 7.96. The Balaban J connectivity index is 1.95. The minimum absolute atomic E-state index is 0.482. The highest BCUT2D eigenvalue weighted by Gasteiger charge is 2.10. The van der Waals surface area contributed by atoms with Gasteiger partial charge in [-0.2, -0.15) is 0 Å². The van der Waals surface area contributed by atoms with Gasteiger partial charge in [0, 0.05) is 30.5 Å². The molecule has 2 heteroatoms. The van der Waals surface area contributed by atoms with E-state index < -0.39 is 0 Å². The molecule has 0 saturated heterocycles. The summed E-state index contributed by atoms with van der Waals surface area (Å²) in [6.45, 7) is 13.1. The molecule has 1 atom stereocenters. The van der Waals surface area contributed by atoms with Gasteiger partial charge in [0.25, 0.3) is 0 Å². The summed E-state index contributed by atoms with van der Waals surface area (Å²) in [5.74, 6) is 0. The Hall–Kier alpha value is -1.54. The lowest BCUT2D eigenvalue weighted by atomic mass is 10.0. The SMILES string of the molecule is CCn1c(C)cc(CNC(C)Cc2ccccc2C)c1C. The molecule has 1 unspecified atom stereocenters. The van der Waals surface area contributed by atoms with Crippen LogP contribution in [0.25, 0.3) is 0 Å². The smallest absolute Gasteiger partial charge is 0.0225 e. The van der Waals surface area contributed by atoms with E-state index in [9.17, 15) is 0 Å². The normalized spacial score (nSPS) is 12.6. The van der Waals surface area contributed by atoms with Crippen LogP contribution in [-0.4, -0.2) is 10.6 Å². The van der Waals surface area contributed by atoms with E-state index in [1.54, 1.807) is 0 Å². The molecule has 0 saturated carbocycles. The standard InChI is InChI=1S/C19H28N2/c1-6-21-16(4)12-19(17(21)5)13-20-15(3)11-18-10-8-7-9-14(18)2/h7-10,12,15,20H,6,11,13H2,1-5H3. The molecular formula is C19H28N2. The van der Waals surface area contributed by atoms with Gasteiger partial charge in [0.2, 0.25) is 0 Å². The monoisotopic (exact) mass is 284 g/mol. The van der Waals surface area contributed by atoms with Gasteiger partial charge in [-0.05, 0) is 63.8 Å². The largest absolute Gasteiger partial charge is 0.349 e. The Labute approximate surface area is 129 Å². The molecule has 0 amide bonds. The van der Waals surface area contributed by atoms with E-state index in [-0.39, 0.29) is 0 Å². The van der Waals surface area contributed by atoms with Gasteiger partial charge >= 0.3 is 0 Å². The zero-order valence-electron chi connectivity index (χ0n) is 14.0. The van der Waals surface area contributed by atoms with Crippen molar-refractivity contribution in [2.45, 2.75) is 60.2 Å². The quantitative estimate of drug-likeness (QED) is 0.843. The second kappa shape index (κ2) is 6.95. The third-order valence-corrected chi connectivity index (χ3v) is 4.42. The average Bonchev–Trinajstić information content (AvgIpc) is 2.73. The molecule has 1 aromatic heterocycles. The number of nitrogens with one attached hydrogen (secondary N) is 1. The second-order valence-corrected chi connectivity index (χ2v) is 6.05. The van der Waals surface area contributed by atoms with Gasteiger partial charge < -0.3 is 9.88 Å². The molecule has 0 radical (unpaired) electrons. The summed E-state index contributed by atoms with van der Waals surface area (Å²) in [5, 5.41) is 3.67. The summed E-state index contributed by atoms with van der Waals surface area (Å²) in [5.41, 5.74) is 7.00. The predicted octanol–water partition coefficient (Wildman–Crippen LogP) is 4.15. The molecule has 2 nitrogen and oxygen atoms in total. The van der Waals surface area contributed by atoms with Crippen molar-refractivity contribution in [3.63, 3.8) is 0 Å². The lowest BCUT2D eigenvalue weighted by Crippen LogP contribution is -2.28. The van der Waals surface area contributed by atoms with Gasteiger partial charge in [-0.1, -0.05) is 24.3 Å². The average molecular weight is 284 g/mol. The lowest BCUT2D eigenvalue weighted by Gasteiger charge is -2.15. The van der Waals surface area contributed by atoms with Gasteiger partial charge in [-0.25, -0.2) is 0 Å². The van der Waals surface area contributed by atoms with Crippen LogP contribution in [-0.2, 0) is 19.5 Å². The molecule has 1 N–H and O–H groups in total. The minimum Gasteiger partial charge on any atom is -0.349 e. The Morgan fingerprint density at radius 1 is 1.10 bits per heavy atom. The maximum atomic E-state index is 3.67. The fraction of sp³-hybridized carbons (Fsp3) is 0.474. The third kappa shape index (κ3) is 3.76. The molecule has 114 valence electrons. The van der Waals surface area contributed by atoms with Crippen molar-refractivity contribution in [3.05, 3.63) is 58.4 Å². The molecule has 0 fully saturated rings. The Morgan fingerprint density at radius 2 is 1.81 bits per heavy atom. The zero-order valence-corrected chi connectivity index (χ0v) is 14.0. The summed E-state index contributed by atoms with van der Waals surface area (Å²) in [4.78, 5) is 0. The van der Waals surface area contributed by atoms with E-state index in [0.717, 1.165) is 19.5 Å². The first-order chi connectivity index (χ1) is 10.0. The summed E-state index contributed by atoms with van der Waals surface area (Å²) in [6.07, 6.45) is 1.08. The van der Waals surface area contributed by atoms with E-state index in [4.69, 9.17) is 0 Å². The second-order valence-electron chi connectivity index (χ2n) is 6.05. The van der Waals surface area contributed by atoms with Crippen LogP contribution in [0.2, 0.25) is 0 Å². The van der Waals surface area contributed by atoms with Crippen molar-refractivity contribution in [3.8, 4) is 0 Å². The topological polar surface area (TPSA) is 17.0 Å². The Bertz CT molecular complexity index is 596. The van der Waals surface area contributed by atoms with E-state index in [2.05, 4.69) is 74.8 Å². The fourth-order valence-corrected chi connectivity index (χ4v) is 3.06. The van der Waals surface area contributed by atoms with Crippen LogP contribution in [0.5, 0.6) is 0 Å². The van der Waals surface area contributed by atoms with Crippen molar-refractivity contribution in [2.75, 3.05) is 0 Å². The van der Waals surface area contributed by atoms with Crippen LogP contribution >= 0.6 is 0 Å². The van der Waals surface area contributed by atoms with Crippen molar-refractivity contribution in [1.82, 2.24) is 9.88 Å². The molecular weight excluding hydrogens is 256 g/mol. The molecule has 0 bridgehead atoms. The molecule has 0 spiro atoms. The predicted molar refractivity (Wildman–Crippen MR) is 90.8 cm³/mol. The van der Waals surface area contributed by atoms with Gasteiger partial charge in [-0.15, -0.1) is 0 Å². The number of nitrogens with zero attached hydrogens (tertiary/aromatic N) is 1. The molecule has 2 rings (SSSR count). The Kier molecular flexibility index (Phi) is 5.24.